The predicted molar refractivity (Wildman–Crippen MR) is 43.0 cm³/mol. The number of carbonyl (C=O) groups is 1. The van der Waals surface area contributed by atoms with Crippen LogP contribution in [-0.2, 0) is 9.63 Å². The average molecular weight is 342 g/mol. The summed E-state index contributed by atoms with van der Waals surface area (Å²) in [5.41, 5.74) is 1.32. The number of nitrogens with zero attached hydrogens (tertiary/aromatic N) is 1. The Hall–Kier alpha value is -0.0900. The van der Waals surface area contributed by atoms with E-state index < -0.39 is 12.1 Å². The van der Waals surface area contributed by atoms with Gasteiger partial charge in [0.15, 0.2) is 0 Å². The average Bonchev–Trinajstić information content (AvgIpc) is 1.93. The highest BCUT2D eigenvalue weighted by atomic mass is 127. The van der Waals surface area contributed by atoms with Crippen LogP contribution in [0.15, 0.2) is 0 Å². The lowest BCUT2D eigenvalue weighted by molar-refractivity contribution is -0.870. The van der Waals surface area contributed by atoms with Crippen LogP contribution in [0.2, 0.25) is 0 Å². The molecule has 0 spiro atoms. The third-order valence-corrected chi connectivity index (χ3v) is 1.29. The molecule has 0 unspecified atom stereocenters. The van der Waals surface area contributed by atoms with Gasteiger partial charge < -0.3 is 28.5 Å². The van der Waals surface area contributed by atoms with Crippen molar-refractivity contribution in [2.24, 2.45) is 0 Å². The summed E-state index contributed by atoms with van der Waals surface area (Å²) in [5, 5.41) is 0. The molecule has 0 aromatic rings. The van der Waals surface area contributed by atoms with E-state index in [2.05, 4.69) is 4.84 Å². The quantitative estimate of drug-likeness (QED) is 0.262. The Bertz CT molecular complexity index is 203. The molecule has 0 radical (unpaired) electrons. The molecule has 0 atom stereocenters. The summed E-state index contributed by atoms with van der Waals surface area (Å²) in [5.74, 6) is -2.08. The van der Waals surface area contributed by atoms with Crippen LogP contribution in [0.1, 0.15) is 0 Å². The lowest BCUT2D eigenvalue weighted by Gasteiger charge is -2.23. The van der Waals surface area contributed by atoms with Gasteiger partial charge in [0.25, 0.3) is 0 Å². The van der Waals surface area contributed by atoms with Crippen molar-refractivity contribution in [3.05, 3.63) is 0 Å². The third kappa shape index (κ3) is 10.2. The van der Waals surface area contributed by atoms with Crippen molar-refractivity contribution in [2.45, 2.75) is 6.18 Å². The van der Waals surface area contributed by atoms with Crippen molar-refractivity contribution < 1.29 is 51.3 Å². The van der Waals surface area contributed by atoms with Gasteiger partial charge in [-0.1, -0.05) is 0 Å². The van der Waals surface area contributed by atoms with Crippen LogP contribution >= 0.6 is 0 Å². The maximum atomic E-state index is 11.6. The van der Waals surface area contributed by atoms with Gasteiger partial charge in [-0.25, -0.2) is 5.48 Å². The Morgan fingerprint density at radius 2 is 1.80 bits per heavy atom. The van der Waals surface area contributed by atoms with Crippen LogP contribution in [0.25, 0.3) is 0 Å². The molecule has 8 heteroatoms. The number of hydrogen-bond donors (Lipinski definition) is 1. The summed E-state index contributed by atoms with van der Waals surface area (Å²) in [6, 6.07) is 0. The number of amides is 1. The normalized spacial score (nSPS) is 11.9. The summed E-state index contributed by atoms with van der Waals surface area (Å²) in [6.07, 6.45) is -4.89. The highest BCUT2D eigenvalue weighted by Crippen LogP contribution is 2.13. The van der Waals surface area contributed by atoms with Crippen LogP contribution in [0, 0.1) is 0 Å². The molecular formula is C7H14F3IN2O2. The molecule has 92 valence electrons. The second-order valence-electron chi connectivity index (χ2n) is 3.79. The standard InChI is InChI=1S/C7H13F3N2O2.HI/c1-12(2,3)4-5-14-11-6(13)7(8,9)10;/h4-5H2,1-3H3;1H. The number of carbonyl (C=O) groups excluding carboxylic acids is 1. The molecule has 15 heavy (non-hydrogen) atoms. The fraction of sp³-hybridized carbons (Fsp3) is 0.857. The number of quaternary nitrogens is 1. The first-order chi connectivity index (χ1) is 6.13. The Morgan fingerprint density at radius 1 is 1.33 bits per heavy atom. The first-order valence-corrected chi connectivity index (χ1v) is 3.92. The Kier molecular flexibility index (Phi) is 7.48. The SMILES string of the molecule is C[N+](C)(C)CCONC(=O)C(F)(F)F.[I-]. The molecule has 1 amide bonds. The molecule has 1 N–H and O–H groups in total. The predicted octanol–water partition coefficient (Wildman–Crippen LogP) is -2.69. The summed E-state index contributed by atoms with van der Waals surface area (Å²) in [6.45, 7) is 0.531. The van der Waals surface area contributed by atoms with E-state index in [-0.39, 0.29) is 30.6 Å². The van der Waals surface area contributed by atoms with Crippen LogP contribution in [-0.4, -0.2) is 50.9 Å². The Balaban J connectivity index is 0. The molecule has 0 bridgehead atoms. The van der Waals surface area contributed by atoms with Gasteiger partial charge in [0.2, 0.25) is 0 Å². The largest absolute Gasteiger partial charge is 1.00 e. The zero-order valence-electron chi connectivity index (χ0n) is 8.69. The van der Waals surface area contributed by atoms with Gasteiger partial charge in [0.05, 0.1) is 21.1 Å². The van der Waals surface area contributed by atoms with Crippen molar-refractivity contribution in [1.82, 2.24) is 5.48 Å². The van der Waals surface area contributed by atoms with Gasteiger partial charge in [-0.3, -0.25) is 9.63 Å². The van der Waals surface area contributed by atoms with E-state index in [1.807, 2.05) is 21.1 Å². The van der Waals surface area contributed by atoms with E-state index in [9.17, 15) is 18.0 Å². The summed E-state index contributed by atoms with van der Waals surface area (Å²) in [7, 11) is 5.57. The first kappa shape index (κ1) is 17.3. The van der Waals surface area contributed by atoms with Crippen molar-refractivity contribution in [3.8, 4) is 0 Å². The smallest absolute Gasteiger partial charge is 0.473 e. The maximum Gasteiger partial charge on any atom is 0.473 e. The van der Waals surface area contributed by atoms with Gasteiger partial charge in [0.1, 0.15) is 13.2 Å². The Labute approximate surface area is 103 Å². The minimum atomic E-state index is -4.89. The molecule has 4 nitrogen and oxygen atoms in total. The van der Waals surface area contributed by atoms with E-state index >= 15 is 0 Å². The maximum absolute atomic E-state index is 11.6. The zero-order valence-corrected chi connectivity index (χ0v) is 10.8. The molecule has 0 aromatic carbocycles. The van der Waals surface area contributed by atoms with Gasteiger partial charge in [-0.2, -0.15) is 13.2 Å². The molecule has 0 fully saturated rings. The van der Waals surface area contributed by atoms with Crippen molar-refractivity contribution in [2.75, 3.05) is 34.3 Å². The fourth-order valence-electron chi connectivity index (χ4n) is 0.494. The molecule has 0 aliphatic carbocycles. The van der Waals surface area contributed by atoms with Crippen molar-refractivity contribution in [1.29, 1.82) is 0 Å². The van der Waals surface area contributed by atoms with Gasteiger partial charge in [-0.15, -0.1) is 0 Å². The second-order valence-corrected chi connectivity index (χ2v) is 3.79. The number of likely N-dealkylation sites (N-methyl/N-ethyl adjacent to an activating group) is 1. The van der Waals surface area contributed by atoms with Gasteiger partial charge in [0, 0.05) is 0 Å². The van der Waals surface area contributed by atoms with E-state index in [0.29, 0.717) is 11.0 Å². The van der Waals surface area contributed by atoms with Crippen LogP contribution in [0.3, 0.4) is 0 Å². The number of alkyl halides is 3. The third-order valence-electron chi connectivity index (χ3n) is 1.29. The van der Waals surface area contributed by atoms with E-state index in [0.717, 1.165) is 0 Å². The molecule has 0 aliphatic heterocycles. The molecule has 0 saturated carbocycles. The van der Waals surface area contributed by atoms with E-state index in [1.54, 1.807) is 0 Å². The van der Waals surface area contributed by atoms with Crippen LogP contribution in [0.4, 0.5) is 13.2 Å². The van der Waals surface area contributed by atoms with E-state index in [4.69, 9.17) is 0 Å². The summed E-state index contributed by atoms with van der Waals surface area (Å²) < 4.78 is 35.4. The minimum absolute atomic E-state index is 0. The van der Waals surface area contributed by atoms with Gasteiger partial charge >= 0.3 is 12.1 Å². The molecule has 0 aliphatic rings. The lowest BCUT2D eigenvalue weighted by Crippen LogP contribution is -3.00. The molecular weight excluding hydrogens is 328 g/mol. The first-order valence-electron chi connectivity index (χ1n) is 3.92. The highest BCUT2D eigenvalue weighted by molar-refractivity contribution is 5.80. The number of hydroxylamine groups is 1. The fourth-order valence-corrected chi connectivity index (χ4v) is 0.494. The number of nitrogens with one attached hydrogen (secondary N) is 1. The lowest BCUT2D eigenvalue weighted by atomic mass is 10.5. The van der Waals surface area contributed by atoms with Crippen LogP contribution < -0.4 is 29.5 Å². The minimum Gasteiger partial charge on any atom is -1.00 e. The van der Waals surface area contributed by atoms with Crippen LogP contribution in [0.5, 0.6) is 0 Å². The Morgan fingerprint density at radius 3 is 2.13 bits per heavy atom. The number of halogens is 4. The second kappa shape index (κ2) is 6.48. The highest BCUT2D eigenvalue weighted by Gasteiger charge is 2.39. The van der Waals surface area contributed by atoms with Gasteiger partial charge in [-0.05, 0) is 0 Å². The molecule has 0 heterocycles. The number of hydrogen-bond acceptors (Lipinski definition) is 2. The van der Waals surface area contributed by atoms with Crippen molar-refractivity contribution >= 4 is 5.91 Å². The van der Waals surface area contributed by atoms with E-state index in [1.165, 1.54) is 5.48 Å². The summed E-state index contributed by atoms with van der Waals surface area (Å²) >= 11 is 0. The molecule has 0 saturated heterocycles. The topological polar surface area (TPSA) is 38.3 Å². The summed E-state index contributed by atoms with van der Waals surface area (Å²) in [4.78, 5) is 14.6. The van der Waals surface area contributed by atoms with Crippen molar-refractivity contribution in [3.63, 3.8) is 0 Å². The zero-order chi connectivity index (χ0) is 11.4. The monoisotopic (exact) mass is 342 g/mol. The number of rotatable bonds is 4. The molecule has 0 rings (SSSR count). The molecule has 0 aromatic heterocycles.